The number of hydrogen-bond donors (Lipinski definition) is 0. The van der Waals surface area contributed by atoms with E-state index in [9.17, 15) is 0 Å². The van der Waals surface area contributed by atoms with Crippen LogP contribution in [0.3, 0.4) is 0 Å². The molecule has 3 heterocycles. The zero-order valence-corrected chi connectivity index (χ0v) is 15.6. The number of methoxy groups -OCH3 is 1. The fourth-order valence-electron chi connectivity index (χ4n) is 2.60. The molecule has 0 saturated heterocycles. The Labute approximate surface area is 159 Å². The quantitative estimate of drug-likeness (QED) is 0.447. The predicted molar refractivity (Wildman–Crippen MR) is 98.4 cm³/mol. The summed E-state index contributed by atoms with van der Waals surface area (Å²) in [6.45, 7) is 2.30. The van der Waals surface area contributed by atoms with Crippen LogP contribution in [0.15, 0.2) is 56.8 Å². The van der Waals surface area contributed by atoms with Gasteiger partial charge >= 0.3 is 0 Å². The van der Waals surface area contributed by atoms with Gasteiger partial charge in [0.15, 0.2) is 16.8 Å². The number of furan rings is 1. The minimum absolute atomic E-state index is 0.509. The minimum atomic E-state index is 0.509. The number of aryl methyl sites for hydroxylation is 1. The summed E-state index contributed by atoms with van der Waals surface area (Å²) in [4.78, 5) is 4.23. The third-order valence-electron chi connectivity index (χ3n) is 3.83. The van der Waals surface area contributed by atoms with Crippen molar-refractivity contribution in [2.75, 3.05) is 7.11 Å². The molecule has 27 heavy (non-hydrogen) atoms. The van der Waals surface area contributed by atoms with Crippen molar-refractivity contribution in [3.8, 4) is 17.1 Å². The summed E-state index contributed by atoms with van der Waals surface area (Å²) in [5.74, 6) is 3.97. The highest BCUT2D eigenvalue weighted by molar-refractivity contribution is 7.98. The molecule has 138 valence electrons. The lowest BCUT2D eigenvalue weighted by atomic mass is 10.2. The highest BCUT2D eigenvalue weighted by Gasteiger charge is 2.17. The average molecular weight is 383 g/mol. The number of benzene rings is 1. The highest BCUT2D eigenvalue weighted by Crippen LogP contribution is 2.28. The third kappa shape index (κ3) is 3.87. The van der Waals surface area contributed by atoms with E-state index in [1.807, 2.05) is 41.0 Å². The number of aromatic nitrogens is 5. The van der Waals surface area contributed by atoms with E-state index >= 15 is 0 Å². The van der Waals surface area contributed by atoms with Gasteiger partial charge in [0.05, 0.1) is 25.7 Å². The summed E-state index contributed by atoms with van der Waals surface area (Å²) >= 11 is 1.48. The Balaban J connectivity index is 1.66. The third-order valence-corrected chi connectivity index (χ3v) is 4.78. The topological polar surface area (TPSA) is 92.0 Å². The van der Waals surface area contributed by atoms with Crippen molar-refractivity contribution in [3.05, 3.63) is 60.1 Å². The van der Waals surface area contributed by atoms with E-state index in [0.29, 0.717) is 24.0 Å². The maximum Gasteiger partial charge on any atom is 0.237 e. The molecule has 8 nitrogen and oxygen atoms in total. The number of ether oxygens (including phenoxy) is 1. The zero-order chi connectivity index (χ0) is 18.6. The first-order valence-electron chi connectivity index (χ1n) is 8.25. The van der Waals surface area contributed by atoms with E-state index in [-0.39, 0.29) is 0 Å². The summed E-state index contributed by atoms with van der Waals surface area (Å²) in [6.07, 6.45) is 1.65. The first kappa shape index (κ1) is 17.3. The van der Waals surface area contributed by atoms with Gasteiger partial charge in [-0.25, -0.2) is 0 Å². The van der Waals surface area contributed by atoms with Gasteiger partial charge in [-0.1, -0.05) is 29.1 Å². The van der Waals surface area contributed by atoms with Crippen LogP contribution in [0.1, 0.15) is 17.5 Å². The van der Waals surface area contributed by atoms with Crippen LogP contribution < -0.4 is 4.74 Å². The van der Waals surface area contributed by atoms with E-state index in [4.69, 9.17) is 13.7 Å². The maximum absolute atomic E-state index is 5.51. The Kier molecular flexibility index (Phi) is 4.93. The smallest absolute Gasteiger partial charge is 0.237 e. The zero-order valence-electron chi connectivity index (χ0n) is 14.8. The van der Waals surface area contributed by atoms with Crippen molar-refractivity contribution in [3.63, 3.8) is 0 Å². The van der Waals surface area contributed by atoms with Crippen LogP contribution in [0, 0.1) is 6.92 Å². The maximum atomic E-state index is 5.51. The van der Waals surface area contributed by atoms with Gasteiger partial charge in [-0.2, -0.15) is 4.98 Å². The van der Waals surface area contributed by atoms with Crippen LogP contribution in [0.25, 0.3) is 11.4 Å². The van der Waals surface area contributed by atoms with Gasteiger partial charge in [-0.15, -0.1) is 10.2 Å². The van der Waals surface area contributed by atoms with Crippen LogP contribution in [0.2, 0.25) is 0 Å². The van der Waals surface area contributed by atoms with E-state index in [1.165, 1.54) is 11.8 Å². The lowest BCUT2D eigenvalue weighted by molar-refractivity contribution is 0.387. The average Bonchev–Trinajstić information content (AvgIpc) is 3.43. The standard InChI is InChI=1S/C18H17N5O3S/c1-12-19-16(26-22-12)11-27-18-21-20-17(13-5-3-6-14(9-13)24-2)23(18)10-15-7-4-8-25-15/h3-9H,10-11H2,1-2H3. The fourth-order valence-corrected chi connectivity index (χ4v) is 3.37. The van der Waals surface area contributed by atoms with Gasteiger partial charge in [0.1, 0.15) is 11.5 Å². The molecule has 0 amide bonds. The molecule has 0 fully saturated rings. The lowest BCUT2D eigenvalue weighted by Gasteiger charge is -2.09. The van der Waals surface area contributed by atoms with Gasteiger partial charge in [-0.05, 0) is 31.2 Å². The molecule has 0 bridgehead atoms. The van der Waals surface area contributed by atoms with Crippen LogP contribution >= 0.6 is 11.8 Å². The Morgan fingerprint density at radius 1 is 1.19 bits per heavy atom. The summed E-state index contributed by atoms with van der Waals surface area (Å²) in [6, 6.07) is 11.5. The number of hydrogen-bond acceptors (Lipinski definition) is 8. The van der Waals surface area contributed by atoms with Crippen LogP contribution in [0.4, 0.5) is 0 Å². The van der Waals surface area contributed by atoms with Gasteiger partial charge in [-0.3, -0.25) is 4.57 Å². The van der Waals surface area contributed by atoms with Crippen molar-refractivity contribution in [2.45, 2.75) is 24.4 Å². The van der Waals surface area contributed by atoms with Crippen molar-refractivity contribution in [1.82, 2.24) is 24.9 Å². The number of rotatable bonds is 7. The second-order valence-corrected chi connectivity index (χ2v) is 6.67. The molecule has 0 unspecified atom stereocenters. The molecule has 1 aromatic carbocycles. The molecule has 9 heteroatoms. The van der Waals surface area contributed by atoms with E-state index in [0.717, 1.165) is 28.1 Å². The van der Waals surface area contributed by atoms with Crippen LogP contribution in [-0.2, 0) is 12.3 Å². The van der Waals surface area contributed by atoms with Crippen molar-refractivity contribution in [2.24, 2.45) is 0 Å². The van der Waals surface area contributed by atoms with E-state index in [1.54, 1.807) is 20.3 Å². The molecule has 0 radical (unpaired) electrons. The number of thioether (sulfide) groups is 1. The predicted octanol–water partition coefficient (Wildman–Crippen LogP) is 3.58. The normalized spacial score (nSPS) is 11.0. The van der Waals surface area contributed by atoms with Crippen LogP contribution in [-0.4, -0.2) is 32.0 Å². The SMILES string of the molecule is COc1cccc(-c2nnc(SCc3nc(C)no3)n2Cc2ccco2)c1. The van der Waals surface area contributed by atoms with Gasteiger partial charge in [0, 0.05) is 5.56 Å². The van der Waals surface area contributed by atoms with Crippen LogP contribution in [0.5, 0.6) is 5.75 Å². The first-order valence-corrected chi connectivity index (χ1v) is 9.23. The van der Waals surface area contributed by atoms with Crippen molar-refractivity contribution < 1.29 is 13.7 Å². The lowest BCUT2D eigenvalue weighted by Crippen LogP contribution is -2.03. The molecule has 0 aliphatic heterocycles. The summed E-state index contributed by atoms with van der Waals surface area (Å²) in [5, 5.41) is 13.3. The second kappa shape index (κ2) is 7.67. The molecule has 0 saturated carbocycles. The Bertz CT molecular complexity index is 1030. The molecule has 0 atom stereocenters. The molecule has 0 spiro atoms. The van der Waals surface area contributed by atoms with E-state index < -0.39 is 0 Å². The molecule has 0 aliphatic carbocycles. The molecule has 0 N–H and O–H groups in total. The largest absolute Gasteiger partial charge is 0.497 e. The fraction of sp³-hybridized carbons (Fsp3) is 0.222. The Morgan fingerprint density at radius 2 is 2.11 bits per heavy atom. The molecule has 4 aromatic rings. The first-order chi connectivity index (χ1) is 13.2. The van der Waals surface area contributed by atoms with E-state index in [2.05, 4.69) is 20.3 Å². The molecule has 0 aliphatic rings. The molecular weight excluding hydrogens is 366 g/mol. The van der Waals surface area contributed by atoms with Gasteiger partial charge in [0.2, 0.25) is 5.89 Å². The van der Waals surface area contributed by atoms with Gasteiger partial charge < -0.3 is 13.7 Å². The highest BCUT2D eigenvalue weighted by atomic mass is 32.2. The monoisotopic (exact) mass is 383 g/mol. The van der Waals surface area contributed by atoms with Crippen molar-refractivity contribution in [1.29, 1.82) is 0 Å². The van der Waals surface area contributed by atoms with Crippen molar-refractivity contribution >= 4 is 11.8 Å². The number of nitrogens with zero attached hydrogens (tertiary/aromatic N) is 5. The summed E-state index contributed by atoms with van der Waals surface area (Å²) in [7, 11) is 1.64. The summed E-state index contributed by atoms with van der Waals surface area (Å²) < 4.78 is 18.0. The van der Waals surface area contributed by atoms with Gasteiger partial charge in [0.25, 0.3) is 0 Å². The minimum Gasteiger partial charge on any atom is -0.497 e. The Morgan fingerprint density at radius 3 is 2.85 bits per heavy atom. The second-order valence-electron chi connectivity index (χ2n) is 5.73. The Hall–Kier alpha value is -3.07. The molecular formula is C18H17N5O3S. The summed E-state index contributed by atoms with van der Waals surface area (Å²) in [5.41, 5.74) is 0.911. The molecule has 4 rings (SSSR count). The molecule has 3 aromatic heterocycles.